The van der Waals surface area contributed by atoms with E-state index < -0.39 is 0 Å². The van der Waals surface area contributed by atoms with E-state index >= 15 is 0 Å². The number of nitrogens with one attached hydrogen (secondary N) is 2. The van der Waals surface area contributed by atoms with Gasteiger partial charge < -0.3 is 15.5 Å². The van der Waals surface area contributed by atoms with Crippen LogP contribution in [-0.2, 0) is 4.79 Å². The van der Waals surface area contributed by atoms with E-state index in [1.165, 1.54) is 0 Å². The molecule has 2 fully saturated rings. The molecule has 0 aromatic heterocycles. The van der Waals surface area contributed by atoms with Crippen molar-refractivity contribution in [2.75, 3.05) is 26.2 Å². The smallest absolute Gasteiger partial charge is 0.252 e. The van der Waals surface area contributed by atoms with Gasteiger partial charge in [0.2, 0.25) is 5.91 Å². The number of nitrogens with zero attached hydrogens (tertiary/aromatic N) is 1. The highest BCUT2D eigenvalue weighted by Crippen LogP contribution is 2.31. The largest absolute Gasteiger partial charge is 0.345 e. The Labute approximate surface area is 135 Å². The number of rotatable bonds is 2. The number of amides is 2. The van der Waals surface area contributed by atoms with E-state index in [0.29, 0.717) is 23.8 Å². The van der Waals surface area contributed by atoms with Crippen LogP contribution in [0.4, 0.5) is 0 Å². The molecule has 0 saturated carbocycles. The van der Waals surface area contributed by atoms with Crippen LogP contribution in [0.15, 0.2) is 24.3 Å². The maximum absolute atomic E-state index is 12.5. The third-order valence-electron chi connectivity index (χ3n) is 5.01. The van der Waals surface area contributed by atoms with E-state index in [4.69, 9.17) is 0 Å². The van der Waals surface area contributed by atoms with Gasteiger partial charge in [0.15, 0.2) is 0 Å². The van der Waals surface area contributed by atoms with Gasteiger partial charge in [0.1, 0.15) is 0 Å². The topological polar surface area (TPSA) is 61.4 Å². The number of hydrogen-bond donors (Lipinski definition) is 2. The summed E-state index contributed by atoms with van der Waals surface area (Å²) in [6, 6.07) is 7.37. The fraction of sp³-hybridized carbons (Fsp3) is 0.500. The van der Waals surface area contributed by atoms with Gasteiger partial charge in [0, 0.05) is 31.7 Å². The molecule has 3 atom stereocenters. The zero-order valence-electron chi connectivity index (χ0n) is 12.2. The number of halogens is 1. The first-order valence-electron chi connectivity index (χ1n) is 7.60. The summed E-state index contributed by atoms with van der Waals surface area (Å²) in [7, 11) is 0. The molecular weight excluding hydrogens is 302 g/mol. The van der Waals surface area contributed by atoms with Crippen LogP contribution in [0.1, 0.15) is 28.4 Å². The zero-order valence-corrected chi connectivity index (χ0v) is 13.1. The van der Waals surface area contributed by atoms with Gasteiger partial charge in [-0.25, -0.2) is 0 Å². The first kappa shape index (κ1) is 15.3. The Kier molecular flexibility index (Phi) is 4.10. The number of likely N-dealkylation sites (tertiary alicyclic amines) is 1. The Morgan fingerprint density at radius 1 is 1.18 bits per heavy atom. The van der Waals surface area contributed by atoms with Crippen LogP contribution in [0.25, 0.3) is 0 Å². The van der Waals surface area contributed by atoms with E-state index in [1.807, 2.05) is 29.2 Å². The second-order valence-electron chi connectivity index (χ2n) is 6.29. The molecule has 22 heavy (non-hydrogen) atoms. The standard InChI is InChI=1S/C16H19N3O2.ClH/c20-15(19-8-10-6-17-7-11(10)9-19)5-14-12-3-1-2-4-13(12)16(21)18-14;/h1-4,10-11,14,17H,5-9H2,(H,18,21);1H/t10-,11+,14?;. The highest BCUT2D eigenvalue weighted by Gasteiger charge is 2.39. The van der Waals surface area contributed by atoms with Gasteiger partial charge in [-0.3, -0.25) is 9.59 Å². The molecule has 3 aliphatic rings. The lowest BCUT2D eigenvalue weighted by Crippen LogP contribution is -2.34. The second-order valence-corrected chi connectivity index (χ2v) is 6.29. The van der Waals surface area contributed by atoms with Crippen LogP contribution in [0.3, 0.4) is 0 Å². The fourth-order valence-electron chi connectivity index (χ4n) is 3.85. The van der Waals surface area contributed by atoms with Crippen molar-refractivity contribution in [1.29, 1.82) is 0 Å². The molecule has 5 nitrogen and oxygen atoms in total. The second kappa shape index (κ2) is 5.89. The quantitative estimate of drug-likeness (QED) is 0.853. The van der Waals surface area contributed by atoms with Crippen molar-refractivity contribution in [2.24, 2.45) is 11.8 Å². The summed E-state index contributed by atoms with van der Waals surface area (Å²) < 4.78 is 0. The first-order valence-corrected chi connectivity index (χ1v) is 7.60. The van der Waals surface area contributed by atoms with Crippen molar-refractivity contribution >= 4 is 24.2 Å². The number of carbonyl (C=O) groups is 2. The molecule has 0 bridgehead atoms. The number of carbonyl (C=O) groups excluding carboxylic acids is 2. The minimum atomic E-state index is -0.167. The molecule has 1 aromatic carbocycles. The lowest BCUT2D eigenvalue weighted by Gasteiger charge is -2.20. The molecule has 1 aromatic rings. The monoisotopic (exact) mass is 321 g/mol. The molecule has 2 N–H and O–H groups in total. The van der Waals surface area contributed by atoms with Crippen LogP contribution in [-0.4, -0.2) is 42.9 Å². The molecule has 3 heterocycles. The molecule has 1 unspecified atom stereocenters. The number of hydrogen-bond acceptors (Lipinski definition) is 3. The molecular formula is C16H20ClN3O2. The van der Waals surface area contributed by atoms with Crippen molar-refractivity contribution in [1.82, 2.24) is 15.5 Å². The van der Waals surface area contributed by atoms with Gasteiger partial charge in [0.25, 0.3) is 5.91 Å². The van der Waals surface area contributed by atoms with E-state index in [0.717, 1.165) is 31.7 Å². The zero-order chi connectivity index (χ0) is 14.4. The minimum absolute atomic E-state index is 0. The van der Waals surface area contributed by atoms with Gasteiger partial charge in [-0.15, -0.1) is 12.4 Å². The van der Waals surface area contributed by atoms with Gasteiger partial charge in [0.05, 0.1) is 12.5 Å². The summed E-state index contributed by atoms with van der Waals surface area (Å²) in [5, 5.41) is 6.31. The van der Waals surface area contributed by atoms with E-state index in [1.54, 1.807) is 0 Å². The van der Waals surface area contributed by atoms with Crippen LogP contribution >= 0.6 is 12.4 Å². The summed E-state index contributed by atoms with van der Waals surface area (Å²) in [4.78, 5) is 26.4. The van der Waals surface area contributed by atoms with Gasteiger partial charge in [-0.05, 0) is 23.5 Å². The molecule has 0 radical (unpaired) electrons. The predicted octanol–water partition coefficient (Wildman–Crippen LogP) is 0.961. The van der Waals surface area contributed by atoms with Gasteiger partial charge >= 0.3 is 0 Å². The molecule has 3 aliphatic heterocycles. The average Bonchev–Trinajstić information content (AvgIpc) is 3.14. The molecule has 2 amide bonds. The SMILES string of the molecule is Cl.O=C1NC(CC(=O)N2C[C@H]3CNC[C@H]3C2)c2ccccc21. The van der Waals surface area contributed by atoms with Crippen LogP contribution in [0.2, 0.25) is 0 Å². The summed E-state index contributed by atoms with van der Waals surface area (Å²) in [6.07, 6.45) is 0.371. The normalized spacial score (nSPS) is 28.8. The van der Waals surface area contributed by atoms with Crippen LogP contribution in [0.5, 0.6) is 0 Å². The number of benzene rings is 1. The average molecular weight is 322 g/mol. The maximum Gasteiger partial charge on any atom is 0.252 e. The third-order valence-corrected chi connectivity index (χ3v) is 5.01. The summed E-state index contributed by atoms with van der Waals surface area (Å²) in [5.41, 5.74) is 1.66. The van der Waals surface area contributed by atoms with Crippen molar-refractivity contribution in [3.05, 3.63) is 35.4 Å². The molecule has 118 valence electrons. The Hall–Kier alpha value is -1.59. The molecule has 0 aliphatic carbocycles. The van der Waals surface area contributed by atoms with Gasteiger partial charge in [-0.1, -0.05) is 18.2 Å². The highest BCUT2D eigenvalue weighted by atomic mass is 35.5. The summed E-state index contributed by atoms with van der Waals surface area (Å²) in [6.45, 7) is 3.77. The van der Waals surface area contributed by atoms with E-state index in [9.17, 15) is 9.59 Å². The lowest BCUT2D eigenvalue weighted by atomic mass is 10.0. The molecule has 6 heteroatoms. The van der Waals surface area contributed by atoms with Crippen LogP contribution in [0, 0.1) is 11.8 Å². The summed E-state index contributed by atoms with van der Waals surface area (Å²) >= 11 is 0. The number of fused-ring (bicyclic) bond motifs is 2. The minimum Gasteiger partial charge on any atom is -0.345 e. The van der Waals surface area contributed by atoms with E-state index in [-0.39, 0.29) is 30.3 Å². The van der Waals surface area contributed by atoms with Crippen molar-refractivity contribution in [2.45, 2.75) is 12.5 Å². The van der Waals surface area contributed by atoms with Crippen molar-refractivity contribution < 1.29 is 9.59 Å². The molecule has 2 saturated heterocycles. The maximum atomic E-state index is 12.5. The fourth-order valence-corrected chi connectivity index (χ4v) is 3.85. The lowest BCUT2D eigenvalue weighted by molar-refractivity contribution is -0.130. The Bertz CT molecular complexity index is 595. The van der Waals surface area contributed by atoms with E-state index in [2.05, 4.69) is 10.6 Å². The van der Waals surface area contributed by atoms with Gasteiger partial charge in [-0.2, -0.15) is 0 Å². The first-order chi connectivity index (χ1) is 10.2. The molecule has 0 spiro atoms. The Balaban J connectivity index is 0.00000144. The van der Waals surface area contributed by atoms with Crippen LogP contribution < -0.4 is 10.6 Å². The van der Waals surface area contributed by atoms with Crippen molar-refractivity contribution in [3.63, 3.8) is 0 Å². The molecule has 4 rings (SSSR count). The van der Waals surface area contributed by atoms with Crippen molar-refractivity contribution in [3.8, 4) is 0 Å². The highest BCUT2D eigenvalue weighted by molar-refractivity contribution is 5.99. The predicted molar refractivity (Wildman–Crippen MR) is 84.9 cm³/mol. The summed E-state index contributed by atoms with van der Waals surface area (Å²) in [5.74, 6) is 1.32. The third kappa shape index (κ3) is 2.48. The Morgan fingerprint density at radius 2 is 1.86 bits per heavy atom. The Morgan fingerprint density at radius 3 is 2.59 bits per heavy atom.